The first-order valence-electron chi connectivity index (χ1n) is 8.98. The fraction of sp³-hybridized carbons (Fsp3) is 0.579. The van der Waals surface area contributed by atoms with Crippen LogP contribution in [0.2, 0.25) is 0 Å². The Balaban J connectivity index is 2.64. The van der Waals surface area contributed by atoms with Gasteiger partial charge in [0.2, 0.25) is 0 Å². The van der Waals surface area contributed by atoms with Gasteiger partial charge >= 0.3 is 0 Å². The smallest absolute Gasteiger partial charge is 0.0578 e. The predicted molar refractivity (Wildman–Crippen MR) is 106 cm³/mol. The van der Waals surface area contributed by atoms with Crippen molar-refractivity contribution in [3.63, 3.8) is 0 Å². The molecule has 0 aromatic heterocycles. The zero-order valence-corrected chi connectivity index (χ0v) is 15.4. The Hall–Kier alpha value is -1.72. The lowest BCUT2D eigenvalue weighted by Crippen LogP contribution is -2.34. The molecule has 0 aliphatic rings. The van der Waals surface area contributed by atoms with Crippen molar-refractivity contribution < 1.29 is 0 Å². The monoisotopic (exact) mass is 333 g/mol. The minimum absolute atomic E-state index is 0.0258. The van der Waals surface area contributed by atoms with Crippen molar-refractivity contribution in [3.05, 3.63) is 35.5 Å². The Morgan fingerprint density at radius 1 is 1.08 bits per heavy atom. The van der Waals surface area contributed by atoms with E-state index in [0.717, 1.165) is 43.0 Å². The number of allylic oxidation sites excluding steroid dienone is 1. The number of rotatable bonds is 11. The second-order valence-corrected chi connectivity index (χ2v) is 6.45. The van der Waals surface area contributed by atoms with Crippen LogP contribution < -0.4 is 27.8 Å². The van der Waals surface area contributed by atoms with E-state index in [1.807, 2.05) is 31.2 Å². The van der Waals surface area contributed by atoms with Gasteiger partial charge in [-0.2, -0.15) is 0 Å². The molecule has 2 atom stereocenters. The molecule has 0 aliphatic carbocycles. The molecule has 0 heterocycles. The highest BCUT2D eigenvalue weighted by molar-refractivity contribution is 5.66. The summed E-state index contributed by atoms with van der Waals surface area (Å²) in [5.41, 5.74) is 21.8. The van der Waals surface area contributed by atoms with E-state index >= 15 is 0 Å². The third-order valence-electron chi connectivity index (χ3n) is 4.24. The van der Waals surface area contributed by atoms with E-state index in [1.54, 1.807) is 0 Å². The van der Waals surface area contributed by atoms with E-state index in [9.17, 15) is 0 Å². The number of nitrogen functional groups attached to an aromatic ring is 1. The van der Waals surface area contributed by atoms with Crippen LogP contribution in [0.5, 0.6) is 0 Å². The SMILES string of the molecule is C/C(NCCCCCCN)=C(/C(C)N)C(C)Nc1ccccc1N. The maximum atomic E-state index is 6.22. The molecular weight excluding hydrogens is 298 g/mol. The Morgan fingerprint density at radius 3 is 2.38 bits per heavy atom. The Labute approximate surface area is 147 Å². The van der Waals surface area contributed by atoms with Gasteiger partial charge in [-0.15, -0.1) is 0 Å². The standard InChI is InChI=1S/C19H35N5/c1-14(21)19(15(2)23-13-9-5-4-8-12-20)16(3)24-18-11-7-6-10-17(18)22/h6-7,10-11,14,16,23-24H,4-5,8-9,12-13,20-22H2,1-3H3/b19-15+. The Kier molecular flexibility index (Phi) is 9.27. The molecule has 5 nitrogen and oxygen atoms in total. The van der Waals surface area contributed by atoms with Crippen LogP contribution in [-0.4, -0.2) is 25.2 Å². The van der Waals surface area contributed by atoms with Gasteiger partial charge < -0.3 is 27.8 Å². The highest BCUT2D eigenvalue weighted by atomic mass is 15.0. The Morgan fingerprint density at radius 2 is 1.75 bits per heavy atom. The summed E-state index contributed by atoms with van der Waals surface area (Å²) in [5.74, 6) is 0. The van der Waals surface area contributed by atoms with Gasteiger partial charge in [0.05, 0.1) is 11.4 Å². The molecule has 5 heteroatoms. The summed E-state index contributed by atoms with van der Waals surface area (Å²) < 4.78 is 0. The molecule has 0 bridgehead atoms. The normalized spacial score (nSPS) is 14.7. The first-order chi connectivity index (χ1) is 11.5. The zero-order valence-electron chi connectivity index (χ0n) is 15.4. The minimum Gasteiger partial charge on any atom is -0.397 e. The first-order valence-corrected chi connectivity index (χ1v) is 8.98. The summed E-state index contributed by atoms with van der Waals surface area (Å²) in [6.07, 6.45) is 4.67. The summed E-state index contributed by atoms with van der Waals surface area (Å²) >= 11 is 0. The zero-order chi connectivity index (χ0) is 17.9. The van der Waals surface area contributed by atoms with Gasteiger partial charge in [0.25, 0.3) is 0 Å². The van der Waals surface area contributed by atoms with Crippen molar-refractivity contribution in [1.29, 1.82) is 0 Å². The van der Waals surface area contributed by atoms with Gasteiger partial charge in [0, 0.05) is 24.3 Å². The van der Waals surface area contributed by atoms with Gasteiger partial charge in [0.15, 0.2) is 0 Å². The Bertz CT molecular complexity index is 510. The molecule has 2 unspecified atom stereocenters. The molecule has 1 aromatic rings. The molecule has 1 aromatic carbocycles. The third-order valence-corrected chi connectivity index (χ3v) is 4.24. The van der Waals surface area contributed by atoms with Crippen molar-refractivity contribution in [2.24, 2.45) is 11.5 Å². The van der Waals surface area contributed by atoms with Gasteiger partial charge in [-0.05, 0) is 57.9 Å². The molecule has 0 amide bonds. The van der Waals surface area contributed by atoms with E-state index in [4.69, 9.17) is 17.2 Å². The number of unbranched alkanes of at least 4 members (excludes halogenated alkanes) is 3. The average Bonchev–Trinajstić information content (AvgIpc) is 2.52. The molecule has 136 valence electrons. The summed E-state index contributed by atoms with van der Waals surface area (Å²) in [5, 5.41) is 6.99. The molecule has 0 aliphatic heterocycles. The van der Waals surface area contributed by atoms with Crippen molar-refractivity contribution >= 4 is 11.4 Å². The molecular formula is C19H35N5. The number of nitrogens with two attached hydrogens (primary N) is 3. The summed E-state index contributed by atoms with van der Waals surface area (Å²) in [6, 6.07) is 7.89. The van der Waals surface area contributed by atoms with Crippen molar-refractivity contribution in [3.8, 4) is 0 Å². The van der Waals surface area contributed by atoms with Crippen molar-refractivity contribution in [2.75, 3.05) is 24.1 Å². The van der Waals surface area contributed by atoms with Gasteiger partial charge in [-0.1, -0.05) is 25.0 Å². The maximum Gasteiger partial charge on any atom is 0.0578 e. The van der Waals surface area contributed by atoms with Gasteiger partial charge in [0.1, 0.15) is 0 Å². The highest BCUT2D eigenvalue weighted by Gasteiger charge is 2.16. The topological polar surface area (TPSA) is 102 Å². The fourth-order valence-electron chi connectivity index (χ4n) is 3.00. The van der Waals surface area contributed by atoms with E-state index in [1.165, 1.54) is 18.4 Å². The van der Waals surface area contributed by atoms with Crippen LogP contribution in [0.4, 0.5) is 11.4 Å². The molecule has 8 N–H and O–H groups in total. The molecule has 0 fully saturated rings. The molecule has 24 heavy (non-hydrogen) atoms. The number of anilines is 2. The second-order valence-electron chi connectivity index (χ2n) is 6.45. The van der Waals surface area contributed by atoms with E-state index in [-0.39, 0.29) is 12.1 Å². The number of hydrogen-bond donors (Lipinski definition) is 5. The lowest BCUT2D eigenvalue weighted by molar-refractivity contribution is 0.613. The third kappa shape index (κ3) is 6.81. The number of benzene rings is 1. The van der Waals surface area contributed by atoms with Crippen LogP contribution in [0.15, 0.2) is 35.5 Å². The van der Waals surface area contributed by atoms with Gasteiger partial charge in [-0.3, -0.25) is 0 Å². The quantitative estimate of drug-likeness (QED) is 0.316. The largest absolute Gasteiger partial charge is 0.397 e. The van der Waals surface area contributed by atoms with Crippen LogP contribution in [-0.2, 0) is 0 Å². The summed E-state index contributed by atoms with van der Waals surface area (Å²) in [6.45, 7) is 8.00. The number of para-hydroxylation sites is 2. The van der Waals surface area contributed by atoms with E-state index in [2.05, 4.69) is 24.5 Å². The first kappa shape index (κ1) is 20.3. The van der Waals surface area contributed by atoms with E-state index in [0.29, 0.717) is 0 Å². The van der Waals surface area contributed by atoms with Crippen LogP contribution in [0.3, 0.4) is 0 Å². The van der Waals surface area contributed by atoms with E-state index < -0.39 is 0 Å². The lowest BCUT2D eigenvalue weighted by atomic mass is 9.99. The fourth-order valence-corrected chi connectivity index (χ4v) is 3.00. The number of hydrogen-bond acceptors (Lipinski definition) is 5. The highest BCUT2D eigenvalue weighted by Crippen LogP contribution is 2.21. The number of nitrogens with one attached hydrogen (secondary N) is 2. The van der Waals surface area contributed by atoms with Crippen LogP contribution in [0.1, 0.15) is 46.5 Å². The molecule has 1 rings (SSSR count). The molecule has 0 radical (unpaired) electrons. The van der Waals surface area contributed by atoms with Crippen LogP contribution >= 0.6 is 0 Å². The summed E-state index contributed by atoms with van der Waals surface area (Å²) in [7, 11) is 0. The average molecular weight is 334 g/mol. The van der Waals surface area contributed by atoms with Crippen molar-refractivity contribution in [1.82, 2.24) is 5.32 Å². The predicted octanol–water partition coefficient (Wildman–Crippen LogP) is 2.80. The van der Waals surface area contributed by atoms with Crippen LogP contribution in [0.25, 0.3) is 0 Å². The maximum absolute atomic E-state index is 6.22. The summed E-state index contributed by atoms with van der Waals surface area (Å²) in [4.78, 5) is 0. The molecule has 0 saturated heterocycles. The van der Waals surface area contributed by atoms with Crippen molar-refractivity contribution in [2.45, 2.75) is 58.5 Å². The minimum atomic E-state index is -0.0258. The lowest BCUT2D eigenvalue weighted by Gasteiger charge is -2.25. The molecule has 0 spiro atoms. The molecule has 0 saturated carbocycles. The van der Waals surface area contributed by atoms with Crippen LogP contribution in [0, 0.1) is 0 Å². The second kappa shape index (κ2) is 10.9. The van der Waals surface area contributed by atoms with Gasteiger partial charge in [-0.25, -0.2) is 0 Å².